The summed E-state index contributed by atoms with van der Waals surface area (Å²) in [5.41, 5.74) is 4.48. The van der Waals surface area contributed by atoms with E-state index in [0.29, 0.717) is 16.7 Å². The van der Waals surface area contributed by atoms with Crippen LogP contribution in [0.2, 0.25) is 0 Å². The number of carbonyl (C=O) groups is 4. The lowest BCUT2D eigenvalue weighted by atomic mass is 9.76. The molecule has 2 aliphatic carbocycles. The maximum atomic E-state index is 14.0. The van der Waals surface area contributed by atoms with E-state index in [-0.39, 0.29) is 39.4 Å². The van der Waals surface area contributed by atoms with Crippen LogP contribution in [-0.4, -0.2) is 23.5 Å². The van der Waals surface area contributed by atoms with Crippen LogP contribution in [-0.2, 0) is 15.9 Å². The van der Waals surface area contributed by atoms with Gasteiger partial charge in [-0.05, 0) is 55.7 Å². The van der Waals surface area contributed by atoms with E-state index in [2.05, 4.69) is 0 Å². The van der Waals surface area contributed by atoms with Gasteiger partial charge in [-0.1, -0.05) is 79.2 Å². The molecule has 0 amide bonds. The second-order valence-corrected chi connectivity index (χ2v) is 10.3. The number of allylic oxidation sites excluding steroid dienone is 2. The summed E-state index contributed by atoms with van der Waals surface area (Å²) in [7, 11) is 0. The number of hydrogen-bond donors (Lipinski definition) is 0. The number of fused-ring (bicyclic) bond motifs is 3. The predicted octanol–water partition coefficient (Wildman–Crippen LogP) is 7.09. The average Bonchev–Trinajstić information content (AvgIpc) is 3.01. The van der Waals surface area contributed by atoms with E-state index in [0.717, 1.165) is 23.1 Å². The molecule has 2 aliphatic rings. The fourth-order valence-electron chi connectivity index (χ4n) is 5.34. The molecule has 0 heterocycles. The van der Waals surface area contributed by atoms with Gasteiger partial charge in [-0.15, -0.1) is 0 Å². The summed E-state index contributed by atoms with van der Waals surface area (Å²) < 4.78 is 11.9. The molecule has 0 radical (unpaired) electrons. The summed E-state index contributed by atoms with van der Waals surface area (Å²) in [5.74, 6) is -2.45. The van der Waals surface area contributed by atoms with Gasteiger partial charge in [-0.2, -0.15) is 0 Å². The van der Waals surface area contributed by atoms with Crippen molar-refractivity contribution in [1.82, 2.24) is 0 Å². The van der Waals surface area contributed by atoms with E-state index >= 15 is 0 Å². The SMILES string of the molecule is CCc1cc(C(=O)OC2=C3C(=O)c4ccccc4C(OC(=O)c4ccc(C)cc4)=C3C(=O)c3ccccc32)ccc1C. The van der Waals surface area contributed by atoms with Gasteiger partial charge in [-0.3, -0.25) is 9.59 Å². The van der Waals surface area contributed by atoms with Crippen molar-refractivity contribution in [3.05, 3.63) is 152 Å². The van der Waals surface area contributed by atoms with Crippen molar-refractivity contribution in [1.29, 1.82) is 0 Å². The molecule has 0 aliphatic heterocycles. The van der Waals surface area contributed by atoms with Gasteiger partial charge in [0.2, 0.25) is 0 Å². The quantitative estimate of drug-likeness (QED) is 0.245. The molecule has 0 unspecified atom stereocenters. The first-order chi connectivity index (χ1) is 20.3. The van der Waals surface area contributed by atoms with Crippen LogP contribution in [0, 0.1) is 13.8 Å². The van der Waals surface area contributed by atoms with E-state index < -0.39 is 23.5 Å². The van der Waals surface area contributed by atoms with Crippen molar-refractivity contribution >= 4 is 35.0 Å². The molecule has 0 saturated heterocycles. The minimum Gasteiger partial charge on any atom is -0.421 e. The smallest absolute Gasteiger partial charge is 0.343 e. The van der Waals surface area contributed by atoms with Crippen LogP contribution in [0.4, 0.5) is 0 Å². The Balaban J connectivity index is 1.56. The molecule has 206 valence electrons. The molecule has 4 aromatic rings. The Morgan fingerprint density at radius 3 is 1.55 bits per heavy atom. The van der Waals surface area contributed by atoms with Gasteiger partial charge in [0.1, 0.15) is 0 Å². The lowest BCUT2D eigenvalue weighted by Gasteiger charge is -2.29. The van der Waals surface area contributed by atoms with E-state index in [4.69, 9.17) is 9.47 Å². The monoisotopic (exact) mass is 554 g/mol. The largest absolute Gasteiger partial charge is 0.421 e. The van der Waals surface area contributed by atoms with Crippen molar-refractivity contribution in [2.24, 2.45) is 0 Å². The Morgan fingerprint density at radius 1 is 0.595 bits per heavy atom. The van der Waals surface area contributed by atoms with Crippen molar-refractivity contribution < 1.29 is 28.7 Å². The number of Topliss-reactive ketones (excluding diaryl/α,β-unsaturated/α-hetero) is 2. The highest BCUT2D eigenvalue weighted by atomic mass is 16.5. The second kappa shape index (κ2) is 10.6. The van der Waals surface area contributed by atoms with Crippen LogP contribution in [0.15, 0.2) is 102 Å². The second-order valence-electron chi connectivity index (χ2n) is 10.3. The number of esters is 2. The van der Waals surface area contributed by atoms with Gasteiger partial charge < -0.3 is 9.47 Å². The topological polar surface area (TPSA) is 86.7 Å². The molecule has 0 saturated carbocycles. The molecule has 4 aromatic carbocycles. The Hall–Kier alpha value is -5.36. The van der Waals surface area contributed by atoms with Gasteiger partial charge in [0.25, 0.3) is 0 Å². The zero-order chi connectivity index (χ0) is 29.5. The van der Waals surface area contributed by atoms with Crippen LogP contribution < -0.4 is 0 Å². The third-order valence-electron chi connectivity index (χ3n) is 7.63. The van der Waals surface area contributed by atoms with Gasteiger partial charge >= 0.3 is 11.9 Å². The first-order valence-electron chi connectivity index (χ1n) is 13.7. The minimum absolute atomic E-state index is 0.0489. The average molecular weight is 555 g/mol. The minimum atomic E-state index is -0.682. The summed E-state index contributed by atoms with van der Waals surface area (Å²) in [6.45, 7) is 5.87. The van der Waals surface area contributed by atoms with Crippen molar-refractivity contribution in [2.75, 3.05) is 0 Å². The highest BCUT2D eigenvalue weighted by Crippen LogP contribution is 2.45. The molecule has 0 fully saturated rings. The molecule has 0 bridgehead atoms. The highest BCUT2D eigenvalue weighted by Gasteiger charge is 2.43. The number of ether oxygens (including phenoxy) is 2. The van der Waals surface area contributed by atoms with Crippen molar-refractivity contribution in [3.63, 3.8) is 0 Å². The molecule has 6 rings (SSSR count). The van der Waals surface area contributed by atoms with Crippen LogP contribution >= 0.6 is 0 Å². The summed E-state index contributed by atoms with van der Waals surface area (Å²) >= 11 is 0. The maximum Gasteiger partial charge on any atom is 0.343 e. The summed E-state index contributed by atoms with van der Waals surface area (Å²) in [5, 5.41) is 0. The number of benzene rings is 4. The third-order valence-corrected chi connectivity index (χ3v) is 7.63. The Morgan fingerprint density at radius 2 is 1.05 bits per heavy atom. The number of hydrogen-bond acceptors (Lipinski definition) is 6. The molecule has 0 aromatic heterocycles. The molecule has 0 N–H and O–H groups in total. The van der Waals surface area contributed by atoms with Crippen LogP contribution in [0.5, 0.6) is 0 Å². The highest BCUT2D eigenvalue weighted by molar-refractivity contribution is 6.34. The van der Waals surface area contributed by atoms with Crippen LogP contribution in [0.25, 0.3) is 11.5 Å². The summed E-state index contributed by atoms with van der Waals surface area (Å²) in [6, 6.07) is 25.4. The van der Waals surface area contributed by atoms with Gasteiger partial charge in [0, 0.05) is 22.3 Å². The number of aryl methyl sites for hydroxylation is 3. The third kappa shape index (κ3) is 4.47. The lowest BCUT2D eigenvalue weighted by molar-refractivity contribution is 0.0671. The van der Waals surface area contributed by atoms with Gasteiger partial charge in [0.15, 0.2) is 23.1 Å². The molecular formula is C36H26O6. The number of carbonyl (C=O) groups excluding carboxylic acids is 4. The van der Waals surface area contributed by atoms with Gasteiger partial charge in [0.05, 0.1) is 22.3 Å². The van der Waals surface area contributed by atoms with E-state index in [1.807, 2.05) is 26.8 Å². The standard InChI is InChI=1S/C36H26O6/c1-4-22-19-24(18-15-21(22)3)36(40)42-34-28-12-8-6-10-26(28)31(37)29-30(34)32(38)25-9-5-7-11-27(25)33(29)41-35(39)23-16-13-20(2)14-17-23/h5-19H,4H2,1-3H3. The first-order valence-corrected chi connectivity index (χ1v) is 13.7. The molecule has 42 heavy (non-hydrogen) atoms. The van der Waals surface area contributed by atoms with Crippen molar-refractivity contribution in [2.45, 2.75) is 27.2 Å². The normalized spacial score (nSPS) is 13.8. The summed E-state index contributed by atoms with van der Waals surface area (Å²) in [6.07, 6.45) is 0.732. The first kappa shape index (κ1) is 26.8. The molecule has 0 spiro atoms. The number of ketones is 2. The van der Waals surface area contributed by atoms with E-state index in [1.165, 1.54) is 0 Å². The van der Waals surface area contributed by atoms with Crippen molar-refractivity contribution in [3.8, 4) is 0 Å². The van der Waals surface area contributed by atoms with Gasteiger partial charge in [-0.25, -0.2) is 9.59 Å². The molecule has 6 heteroatoms. The lowest BCUT2D eigenvalue weighted by Crippen LogP contribution is -2.28. The Labute approximate surface area is 242 Å². The number of rotatable bonds is 5. The predicted molar refractivity (Wildman–Crippen MR) is 158 cm³/mol. The fourth-order valence-corrected chi connectivity index (χ4v) is 5.34. The summed E-state index contributed by atoms with van der Waals surface area (Å²) in [4.78, 5) is 54.9. The van der Waals surface area contributed by atoms with E-state index in [1.54, 1.807) is 84.9 Å². The Bertz CT molecular complexity index is 1890. The molecule has 0 atom stereocenters. The fraction of sp³-hybridized carbons (Fsp3) is 0.111. The van der Waals surface area contributed by atoms with Crippen LogP contribution in [0.1, 0.15) is 76.2 Å². The Kier molecular flexibility index (Phi) is 6.75. The van der Waals surface area contributed by atoms with E-state index in [9.17, 15) is 19.2 Å². The zero-order valence-corrected chi connectivity index (χ0v) is 23.3. The molecule has 6 nitrogen and oxygen atoms in total. The maximum absolute atomic E-state index is 14.0. The zero-order valence-electron chi connectivity index (χ0n) is 23.3. The molecular weight excluding hydrogens is 528 g/mol. The van der Waals surface area contributed by atoms with Crippen LogP contribution in [0.3, 0.4) is 0 Å².